The molecule has 0 aromatic carbocycles. The summed E-state index contributed by atoms with van der Waals surface area (Å²) < 4.78 is 0. The van der Waals surface area contributed by atoms with Crippen LogP contribution in [0.4, 0.5) is 0 Å². The molecular formula is C14H29N3. The molecule has 1 aliphatic carbocycles. The van der Waals surface area contributed by atoms with E-state index in [2.05, 4.69) is 29.0 Å². The second-order valence-corrected chi connectivity index (χ2v) is 6.06. The van der Waals surface area contributed by atoms with Gasteiger partial charge in [0.15, 0.2) is 0 Å². The lowest BCUT2D eigenvalue weighted by atomic mass is 10.2. The van der Waals surface area contributed by atoms with Crippen molar-refractivity contribution in [2.45, 2.75) is 39.2 Å². The SMILES string of the molecule is CC(C)CNCCCN1CCN(C2CC2)CC1. The molecule has 0 aromatic rings. The third-order valence-corrected chi connectivity index (χ3v) is 3.85. The maximum absolute atomic E-state index is 3.52. The predicted octanol–water partition coefficient (Wildman–Crippen LogP) is 1.40. The van der Waals surface area contributed by atoms with Crippen LogP contribution < -0.4 is 5.32 Å². The normalized spacial score (nSPS) is 23.5. The molecule has 0 aromatic heterocycles. The molecule has 0 bridgehead atoms. The topological polar surface area (TPSA) is 18.5 Å². The van der Waals surface area contributed by atoms with Gasteiger partial charge < -0.3 is 10.2 Å². The minimum absolute atomic E-state index is 0.775. The van der Waals surface area contributed by atoms with E-state index in [0.29, 0.717) is 0 Å². The fourth-order valence-corrected chi connectivity index (χ4v) is 2.61. The van der Waals surface area contributed by atoms with Gasteiger partial charge >= 0.3 is 0 Å². The summed E-state index contributed by atoms with van der Waals surface area (Å²) >= 11 is 0. The third kappa shape index (κ3) is 4.94. The van der Waals surface area contributed by atoms with Gasteiger partial charge in [0, 0.05) is 32.2 Å². The first-order chi connectivity index (χ1) is 8.25. The Balaban J connectivity index is 1.47. The standard InChI is InChI=1S/C14H29N3/c1-13(2)12-15-6-3-7-16-8-10-17(11-9-16)14-4-5-14/h13-15H,3-12H2,1-2H3. The summed E-state index contributed by atoms with van der Waals surface area (Å²) in [4.78, 5) is 5.32. The van der Waals surface area contributed by atoms with Gasteiger partial charge in [-0.15, -0.1) is 0 Å². The van der Waals surface area contributed by atoms with Crippen LogP contribution in [0.15, 0.2) is 0 Å². The molecule has 0 amide bonds. The van der Waals surface area contributed by atoms with Gasteiger partial charge in [0.2, 0.25) is 0 Å². The van der Waals surface area contributed by atoms with Crippen LogP contribution in [0.1, 0.15) is 33.1 Å². The second-order valence-electron chi connectivity index (χ2n) is 6.06. The van der Waals surface area contributed by atoms with E-state index in [1.807, 2.05) is 0 Å². The van der Waals surface area contributed by atoms with E-state index in [0.717, 1.165) is 18.5 Å². The number of rotatable bonds is 7. The van der Waals surface area contributed by atoms with E-state index < -0.39 is 0 Å². The molecule has 1 aliphatic heterocycles. The molecule has 2 aliphatic rings. The van der Waals surface area contributed by atoms with E-state index in [1.165, 1.54) is 58.5 Å². The lowest BCUT2D eigenvalue weighted by molar-refractivity contribution is 0.125. The first kappa shape index (κ1) is 13.3. The van der Waals surface area contributed by atoms with Crippen molar-refractivity contribution in [3.63, 3.8) is 0 Å². The van der Waals surface area contributed by atoms with E-state index >= 15 is 0 Å². The molecule has 3 nitrogen and oxygen atoms in total. The van der Waals surface area contributed by atoms with Crippen LogP contribution in [0, 0.1) is 5.92 Å². The largest absolute Gasteiger partial charge is 0.316 e. The Bertz CT molecular complexity index is 206. The highest BCUT2D eigenvalue weighted by atomic mass is 15.3. The van der Waals surface area contributed by atoms with Crippen LogP contribution in [0.2, 0.25) is 0 Å². The van der Waals surface area contributed by atoms with Gasteiger partial charge in [0.1, 0.15) is 0 Å². The molecular weight excluding hydrogens is 210 g/mol. The van der Waals surface area contributed by atoms with Gasteiger partial charge in [-0.2, -0.15) is 0 Å². The van der Waals surface area contributed by atoms with Crippen molar-refractivity contribution in [3.05, 3.63) is 0 Å². The zero-order chi connectivity index (χ0) is 12.1. The molecule has 1 saturated carbocycles. The average Bonchev–Trinajstić information content (AvgIpc) is 3.13. The summed E-state index contributed by atoms with van der Waals surface area (Å²) in [5, 5.41) is 3.52. The van der Waals surface area contributed by atoms with Crippen molar-refractivity contribution in [2.75, 3.05) is 45.8 Å². The van der Waals surface area contributed by atoms with E-state index in [-0.39, 0.29) is 0 Å². The number of hydrogen-bond donors (Lipinski definition) is 1. The van der Waals surface area contributed by atoms with Gasteiger partial charge in [0.05, 0.1) is 0 Å². The number of hydrogen-bond acceptors (Lipinski definition) is 3. The Morgan fingerprint density at radius 3 is 2.41 bits per heavy atom. The Morgan fingerprint density at radius 1 is 1.12 bits per heavy atom. The van der Waals surface area contributed by atoms with Crippen LogP contribution in [-0.2, 0) is 0 Å². The van der Waals surface area contributed by atoms with Crippen LogP contribution in [-0.4, -0.2) is 61.7 Å². The molecule has 0 unspecified atom stereocenters. The van der Waals surface area contributed by atoms with Crippen LogP contribution in [0.25, 0.3) is 0 Å². The first-order valence-electron chi connectivity index (χ1n) is 7.43. The molecule has 0 spiro atoms. The van der Waals surface area contributed by atoms with Crippen molar-refractivity contribution in [3.8, 4) is 0 Å². The number of nitrogens with zero attached hydrogens (tertiary/aromatic N) is 2. The lowest BCUT2D eigenvalue weighted by Crippen LogP contribution is -2.47. The van der Waals surface area contributed by atoms with Crippen molar-refractivity contribution >= 4 is 0 Å². The Labute approximate surface area is 107 Å². The highest BCUT2D eigenvalue weighted by Crippen LogP contribution is 2.27. The lowest BCUT2D eigenvalue weighted by Gasteiger charge is -2.34. The minimum Gasteiger partial charge on any atom is -0.316 e. The molecule has 1 saturated heterocycles. The zero-order valence-corrected chi connectivity index (χ0v) is 11.6. The molecule has 0 atom stereocenters. The molecule has 2 rings (SSSR count). The maximum Gasteiger partial charge on any atom is 0.0113 e. The highest BCUT2D eigenvalue weighted by Gasteiger charge is 2.30. The van der Waals surface area contributed by atoms with Crippen LogP contribution in [0.3, 0.4) is 0 Å². The molecule has 2 fully saturated rings. The van der Waals surface area contributed by atoms with E-state index in [4.69, 9.17) is 0 Å². The summed E-state index contributed by atoms with van der Waals surface area (Å²) in [5.41, 5.74) is 0. The van der Waals surface area contributed by atoms with Crippen LogP contribution >= 0.6 is 0 Å². The average molecular weight is 239 g/mol. The van der Waals surface area contributed by atoms with Crippen LogP contribution in [0.5, 0.6) is 0 Å². The molecule has 17 heavy (non-hydrogen) atoms. The Hall–Kier alpha value is -0.120. The summed E-state index contributed by atoms with van der Waals surface area (Å²) in [6.07, 6.45) is 4.22. The molecule has 3 heteroatoms. The summed E-state index contributed by atoms with van der Waals surface area (Å²) in [6.45, 7) is 13.4. The van der Waals surface area contributed by atoms with Crippen molar-refractivity contribution in [1.82, 2.24) is 15.1 Å². The van der Waals surface area contributed by atoms with Gasteiger partial charge in [-0.3, -0.25) is 4.90 Å². The quantitative estimate of drug-likeness (QED) is 0.678. The first-order valence-corrected chi connectivity index (χ1v) is 7.43. The predicted molar refractivity (Wildman–Crippen MR) is 73.4 cm³/mol. The number of piperazine rings is 1. The summed E-state index contributed by atoms with van der Waals surface area (Å²) in [7, 11) is 0. The molecule has 1 N–H and O–H groups in total. The molecule has 100 valence electrons. The molecule has 1 heterocycles. The van der Waals surface area contributed by atoms with Gasteiger partial charge in [-0.25, -0.2) is 0 Å². The van der Waals surface area contributed by atoms with E-state index in [9.17, 15) is 0 Å². The second kappa shape index (κ2) is 6.72. The Kier molecular flexibility index (Phi) is 5.26. The van der Waals surface area contributed by atoms with Crippen molar-refractivity contribution < 1.29 is 0 Å². The van der Waals surface area contributed by atoms with Crippen molar-refractivity contribution in [1.29, 1.82) is 0 Å². The van der Waals surface area contributed by atoms with Gasteiger partial charge in [0.25, 0.3) is 0 Å². The van der Waals surface area contributed by atoms with Gasteiger partial charge in [-0.05, 0) is 44.8 Å². The zero-order valence-electron chi connectivity index (χ0n) is 11.6. The fraction of sp³-hybridized carbons (Fsp3) is 1.00. The monoisotopic (exact) mass is 239 g/mol. The van der Waals surface area contributed by atoms with Gasteiger partial charge in [-0.1, -0.05) is 13.8 Å². The fourth-order valence-electron chi connectivity index (χ4n) is 2.61. The maximum atomic E-state index is 3.52. The summed E-state index contributed by atoms with van der Waals surface area (Å²) in [6, 6.07) is 0.963. The van der Waals surface area contributed by atoms with Crippen molar-refractivity contribution in [2.24, 2.45) is 5.92 Å². The number of nitrogens with one attached hydrogen (secondary N) is 1. The summed E-state index contributed by atoms with van der Waals surface area (Å²) in [5.74, 6) is 0.775. The third-order valence-electron chi connectivity index (χ3n) is 3.85. The van der Waals surface area contributed by atoms with E-state index in [1.54, 1.807) is 0 Å². The Morgan fingerprint density at radius 2 is 1.82 bits per heavy atom. The smallest absolute Gasteiger partial charge is 0.0113 e. The minimum atomic E-state index is 0.775. The molecule has 0 radical (unpaired) electrons. The highest BCUT2D eigenvalue weighted by molar-refractivity contribution is 4.87.